The fraction of sp³-hybridized carbons (Fsp3) is 0.833. The molecule has 1 atom stereocenters. The van der Waals surface area contributed by atoms with Gasteiger partial charge in [-0.15, -0.1) is 0 Å². The van der Waals surface area contributed by atoms with Gasteiger partial charge in [-0.3, -0.25) is 4.79 Å². The lowest BCUT2D eigenvalue weighted by Gasteiger charge is -2.38. The van der Waals surface area contributed by atoms with Crippen LogP contribution in [-0.2, 0) is 14.3 Å². The van der Waals surface area contributed by atoms with E-state index in [1.54, 1.807) is 0 Å². The van der Waals surface area contributed by atoms with E-state index in [2.05, 4.69) is 5.32 Å². The Kier molecular flexibility index (Phi) is 3.66. The van der Waals surface area contributed by atoms with E-state index in [0.29, 0.717) is 25.7 Å². The van der Waals surface area contributed by atoms with Crippen LogP contribution >= 0.6 is 0 Å². The minimum atomic E-state index is -0.979. The lowest BCUT2D eigenvalue weighted by Crippen LogP contribution is -2.59. The Morgan fingerprint density at radius 1 is 1.35 bits per heavy atom. The van der Waals surface area contributed by atoms with E-state index in [0.717, 1.165) is 25.9 Å². The second kappa shape index (κ2) is 5.04. The van der Waals surface area contributed by atoms with Crippen molar-refractivity contribution < 1.29 is 19.4 Å². The normalized spacial score (nSPS) is 26.2. The summed E-state index contributed by atoms with van der Waals surface area (Å²) in [5.41, 5.74) is -0.979. The number of aliphatic carboxylic acids is 1. The zero-order chi connectivity index (χ0) is 12.3. The molecule has 1 saturated carbocycles. The highest BCUT2D eigenvalue weighted by molar-refractivity contribution is 5.87. The predicted octanol–water partition coefficient (Wildman–Crippen LogP) is 1.07. The molecule has 2 rings (SSSR count). The van der Waals surface area contributed by atoms with Gasteiger partial charge in [-0.05, 0) is 38.5 Å². The van der Waals surface area contributed by atoms with Crippen LogP contribution in [0.5, 0.6) is 0 Å². The van der Waals surface area contributed by atoms with Crippen LogP contribution in [0, 0.1) is 0 Å². The van der Waals surface area contributed by atoms with E-state index < -0.39 is 11.5 Å². The van der Waals surface area contributed by atoms with Gasteiger partial charge in [0.25, 0.3) is 0 Å². The Balaban J connectivity index is 1.74. The van der Waals surface area contributed by atoms with Crippen molar-refractivity contribution in [3.05, 3.63) is 0 Å². The van der Waals surface area contributed by atoms with E-state index in [-0.39, 0.29) is 12.0 Å². The van der Waals surface area contributed by atoms with Crippen molar-refractivity contribution in [2.45, 2.75) is 56.6 Å². The summed E-state index contributed by atoms with van der Waals surface area (Å²) in [4.78, 5) is 22.7. The molecule has 17 heavy (non-hydrogen) atoms. The number of ether oxygens (including phenoxy) is 1. The molecule has 96 valence electrons. The Morgan fingerprint density at radius 2 is 2.12 bits per heavy atom. The third kappa shape index (κ3) is 2.77. The quantitative estimate of drug-likeness (QED) is 0.755. The van der Waals surface area contributed by atoms with Crippen LogP contribution in [0.2, 0.25) is 0 Å². The van der Waals surface area contributed by atoms with Gasteiger partial charge in [0.1, 0.15) is 5.54 Å². The van der Waals surface area contributed by atoms with Gasteiger partial charge >= 0.3 is 5.97 Å². The largest absolute Gasteiger partial charge is 0.480 e. The topological polar surface area (TPSA) is 75.6 Å². The van der Waals surface area contributed by atoms with Crippen LogP contribution in [-0.4, -0.2) is 35.2 Å². The molecular formula is C12H19NO4. The highest BCUT2D eigenvalue weighted by atomic mass is 16.5. The monoisotopic (exact) mass is 241 g/mol. The minimum Gasteiger partial charge on any atom is -0.480 e. The standard InChI is InChI=1S/C12H19NO4/c14-10(5-4-9-3-1-8-17-9)13-12(11(15)16)6-2-7-12/h9H,1-8H2,(H,13,14)(H,15,16). The average molecular weight is 241 g/mol. The predicted molar refractivity (Wildman–Crippen MR) is 60.6 cm³/mol. The van der Waals surface area contributed by atoms with E-state index in [9.17, 15) is 9.59 Å². The Bertz CT molecular complexity index is 306. The Labute approximate surface area is 101 Å². The van der Waals surface area contributed by atoms with Crippen LogP contribution in [0.1, 0.15) is 44.9 Å². The van der Waals surface area contributed by atoms with Crippen molar-refractivity contribution in [2.75, 3.05) is 6.61 Å². The molecule has 1 saturated heterocycles. The SMILES string of the molecule is O=C(CCC1CCCO1)NC1(C(=O)O)CCC1. The molecule has 0 radical (unpaired) electrons. The molecule has 1 aliphatic carbocycles. The number of carbonyl (C=O) groups is 2. The van der Waals surface area contributed by atoms with Gasteiger partial charge in [0, 0.05) is 13.0 Å². The fourth-order valence-electron chi connectivity index (χ4n) is 2.42. The molecule has 1 amide bonds. The number of amides is 1. The number of carbonyl (C=O) groups excluding carboxylic acids is 1. The molecule has 1 heterocycles. The lowest BCUT2D eigenvalue weighted by molar-refractivity contribution is -0.151. The number of carboxylic acids is 1. The van der Waals surface area contributed by atoms with Crippen molar-refractivity contribution in [3.8, 4) is 0 Å². The van der Waals surface area contributed by atoms with Gasteiger partial charge in [-0.1, -0.05) is 0 Å². The van der Waals surface area contributed by atoms with E-state index in [4.69, 9.17) is 9.84 Å². The van der Waals surface area contributed by atoms with E-state index >= 15 is 0 Å². The van der Waals surface area contributed by atoms with Crippen molar-refractivity contribution in [1.29, 1.82) is 0 Å². The zero-order valence-electron chi connectivity index (χ0n) is 9.91. The first-order chi connectivity index (χ1) is 8.12. The van der Waals surface area contributed by atoms with Gasteiger partial charge in [-0.2, -0.15) is 0 Å². The average Bonchev–Trinajstić information content (AvgIpc) is 2.72. The Hall–Kier alpha value is -1.10. The smallest absolute Gasteiger partial charge is 0.329 e. The first kappa shape index (κ1) is 12.4. The first-order valence-corrected chi connectivity index (χ1v) is 6.28. The van der Waals surface area contributed by atoms with Crippen molar-refractivity contribution in [1.82, 2.24) is 5.32 Å². The van der Waals surface area contributed by atoms with Gasteiger partial charge in [0.15, 0.2) is 0 Å². The maximum Gasteiger partial charge on any atom is 0.329 e. The van der Waals surface area contributed by atoms with Gasteiger partial charge < -0.3 is 15.2 Å². The van der Waals surface area contributed by atoms with Crippen molar-refractivity contribution >= 4 is 11.9 Å². The fourth-order valence-corrected chi connectivity index (χ4v) is 2.42. The van der Waals surface area contributed by atoms with Crippen molar-refractivity contribution in [2.24, 2.45) is 0 Å². The van der Waals surface area contributed by atoms with Crippen LogP contribution in [0.25, 0.3) is 0 Å². The van der Waals surface area contributed by atoms with Crippen LogP contribution < -0.4 is 5.32 Å². The maximum atomic E-state index is 11.7. The van der Waals surface area contributed by atoms with Gasteiger partial charge in [-0.25, -0.2) is 4.79 Å². The molecule has 0 bridgehead atoms. The van der Waals surface area contributed by atoms with Crippen LogP contribution in [0.4, 0.5) is 0 Å². The number of rotatable bonds is 5. The molecule has 0 spiro atoms. The number of hydrogen-bond donors (Lipinski definition) is 2. The highest BCUT2D eigenvalue weighted by Gasteiger charge is 2.45. The van der Waals surface area contributed by atoms with E-state index in [1.807, 2.05) is 0 Å². The van der Waals surface area contributed by atoms with Gasteiger partial charge in [0.2, 0.25) is 5.91 Å². The summed E-state index contributed by atoms with van der Waals surface area (Å²) >= 11 is 0. The zero-order valence-corrected chi connectivity index (χ0v) is 9.91. The molecule has 0 aromatic carbocycles. The summed E-state index contributed by atoms with van der Waals surface area (Å²) in [5.74, 6) is -1.07. The highest BCUT2D eigenvalue weighted by Crippen LogP contribution is 2.32. The number of hydrogen-bond acceptors (Lipinski definition) is 3. The molecular weight excluding hydrogens is 222 g/mol. The molecule has 5 nitrogen and oxygen atoms in total. The second-order valence-corrected chi connectivity index (χ2v) is 4.96. The summed E-state index contributed by atoms with van der Waals surface area (Å²) in [6.07, 6.45) is 5.28. The molecule has 2 N–H and O–H groups in total. The van der Waals surface area contributed by atoms with Gasteiger partial charge in [0.05, 0.1) is 6.10 Å². The third-order valence-electron chi connectivity index (χ3n) is 3.71. The molecule has 1 aliphatic heterocycles. The summed E-state index contributed by atoms with van der Waals surface area (Å²) < 4.78 is 5.42. The first-order valence-electron chi connectivity index (χ1n) is 6.28. The van der Waals surface area contributed by atoms with Crippen LogP contribution in [0.3, 0.4) is 0 Å². The number of carboxylic acid groups (broad SMARTS) is 1. The third-order valence-corrected chi connectivity index (χ3v) is 3.71. The molecule has 5 heteroatoms. The second-order valence-electron chi connectivity index (χ2n) is 4.96. The molecule has 2 aliphatic rings. The molecule has 0 aromatic rings. The number of nitrogens with one attached hydrogen (secondary N) is 1. The van der Waals surface area contributed by atoms with E-state index in [1.165, 1.54) is 0 Å². The maximum absolute atomic E-state index is 11.7. The lowest BCUT2D eigenvalue weighted by atomic mass is 9.76. The molecule has 1 unspecified atom stereocenters. The Morgan fingerprint density at radius 3 is 2.59 bits per heavy atom. The van der Waals surface area contributed by atoms with Crippen LogP contribution in [0.15, 0.2) is 0 Å². The summed E-state index contributed by atoms with van der Waals surface area (Å²) in [6, 6.07) is 0. The molecule has 2 fully saturated rings. The summed E-state index contributed by atoms with van der Waals surface area (Å²) in [6.45, 7) is 0.783. The minimum absolute atomic E-state index is 0.164. The summed E-state index contributed by atoms with van der Waals surface area (Å²) in [7, 11) is 0. The van der Waals surface area contributed by atoms with Crippen molar-refractivity contribution in [3.63, 3.8) is 0 Å². The molecule has 0 aromatic heterocycles. The summed E-state index contributed by atoms with van der Waals surface area (Å²) in [5, 5.41) is 11.7.